The van der Waals surface area contributed by atoms with E-state index in [1.165, 1.54) is 60.8 Å². The lowest BCUT2D eigenvalue weighted by Crippen LogP contribution is -2.26. The van der Waals surface area contributed by atoms with Crippen LogP contribution in [0.1, 0.15) is 22.3 Å². The molecule has 10 aromatic rings. The Kier molecular flexibility index (Phi) is 7.45. The predicted molar refractivity (Wildman–Crippen MR) is 241 cm³/mol. The molecule has 0 aliphatic heterocycles. The van der Waals surface area contributed by atoms with E-state index in [0.717, 1.165) is 33.4 Å². The summed E-state index contributed by atoms with van der Waals surface area (Å²) in [5.41, 5.74) is 17.6. The fraction of sp³-hybridized carbons (Fsp3) is 0.0179. The average molecular weight is 750 g/mol. The van der Waals surface area contributed by atoms with Crippen LogP contribution in [0.15, 0.2) is 212 Å². The Bertz CT molecular complexity index is 3210. The van der Waals surface area contributed by atoms with Crippen molar-refractivity contribution < 1.29 is 0 Å². The molecule has 2 aliphatic rings. The number of benzene rings is 9. The molecule has 0 saturated carbocycles. The van der Waals surface area contributed by atoms with Gasteiger partial charge in [-0.25, -0.2) is 15.0 Å². The summed E-state index contributed by atoms with van der Waals surface area (Å²) in [5, 5.41) is 2.51. The van der Waals surface area contributed by atoms with Crippen LogP contribution in [0, 0.1) is 0 Å². The van der Waals surface area contributed by atoms with Gasteiger partial charge in [0.2, 0.25) is 0 Å². The van der Waals surface area contributed by atoms with Gasteiger partial charge in [-0.05, 0) is 89.7 Å². The molecule has 0 unspecified atom stereocenters. The van der Waals surface area contributed by atoms with Gasteiger partial charge in [0, 0.05) is 16.7 Å². The zero-order valence-corrected chi connectivity index (χ0v) is 32.0. The maximum absolute atomic E-state index is 5.13. The van der Waals surface area contributed by atoms with Crippen LogP contribution in [0.4, 0.5) is 0 Å². The molecule has 0 amide bonds. The second-order valence-corrected chi connectivity index (χ2v) is 15.5. The molecule has 0 bridgehead atoms. The SMILES string of the molecule is c1ccc(-c2cccc(-c3nc(-c4ccccc4)nc(-c4ccc(-c5cc6ccccc6c6c5-c5ccccc5C65c6ccccc6-c6ccccc65)cc4)n3)c2)cc1. The highest BCUT2D eigenvalue weighted by Gasteiger charge is 2.52. The van der Waals surface area contributed by atoms with Crippen LogP contribution in [-0.2, 0) is 5.41 Å². The summed E-state index contributed by atoms with van der Waals surface area (Å²) in [7, 11) is 0. The van der Waals surface area contributed by atoms with Crippen LogP contribution in [0.5, 0.6) is 0 Å². The molecule has 0 fully saturated rings. The Morgan fingerprint density at radius 3 is 1.41 bits per heavy atom. The van der Waals surface area contributed by atoms with E-state index in [4.69, 9.17) is 15.0 Å². The second-order valence-electron chi connectivity index (χ2n) is 15.5. The molecule has 1 heterocycles. The minimum atomic E-state index is -0.443. The quantitative estimate of drug-likeness (QED) is 0.176. The van der Waals surface area contributed by atoms with Gasteiger partial charge < -0.3 is 0 Å². The van der Waals surface area contributed by atoms with Crippen molar-refractivity contribution in [2.24, 2.45) is 0 Å². The summed E-state index contributed by atoms with van der Waals surface area (Å²) in [6.07, 6.45) is 0. The normalized spacial score (nSPS) is 12.9. The fourth-order valence-corrected chi connectivity index (χ4v) is 9.82. The van der Waals surface area contributed by atoms with Gasteiger partial charge in [-0.15, -0.1) is 0 Å². The van der Waals surface area contributed by atoms with Crippen LogP contribution in [0.25, 0.3) is 89.4 Å². The van der Waals surface area contributed by atoms with Gasteiger partial charge in [0.05, 0.1) is 5.41 Å². The molecule has 3 nitrogen and oxygen atoms in total. The molecule has 0 atom stereocenters. The largest absolute Gasteiger partial charge is 0.208 e. The second kappa shape index (κ2) is 13.2. The monoisotopic (exact) mass is 749 g/mol. The van der Waals surface area contributed by atoms with Crippen molar-refractivity contribution in [1.82, 2.24) is 15.0 Å². The zero-order valence-electron chi connectivity index (χ0n) is 32.0. The van der Waals surface area contributed by atoms with E-state index in [1.807, 2.05) is 24.3 Å². The standard InChI is InChI=1S/C56H35N3/c1-3-16-36(17-4-1)40-21-15-22-42(34-40)55-58-53(38-18-5-2-6-19-38)57-54(59-55)39-32-30-37(31-33-39)47-35-41-20-7-8-23-43(41)52-51(47)46-26-11-14-29-50(46)56(52)48-27-12-9-24-44(48)45-25-10-13-28-49(45)56/h1-35H. The van der Waals surface area contributed by atoms with E-state index in [1.54, 1.807) is 0 Å². The number of hydrogen-bond acceptors (Lipinski definition) is 3. The average Bonchev–Trinajstić information content (AvgIpc) is 3.80. The molecule has 12 rings (SSSR count). The molecule has 0 saturated heterocycles. The van der Waals surface area contributed by atoms with Crippen LogP contribution < -0.4 is 0 Å². The Morgan fingerprint density at radius 2 is 0.746 bits per heavy atom. The lowest BCUT2D eigenvalue weighted by molar-refractivity contribution is 0.801. The highest BCUT2D eigenvalue weighted by atomic mass is 15.0. The molecule has 1 aromatic heterocycles. The van der Waals surface area contributed by atoms with Crippen molar-refractivity contribution in [1.29, 1.82) is 0 Å². The minimum Gasteiger partial charge on any atom is -0.208 e. The Morgan fingerprint density at radius 1 is 0.288 bits per heavy atom. The van der Waals surface area contributed by atoms with Crippen molar-refractivity contribution in [3.63, 3.8) is 0 Å². The van der Waals surface area contributed by atoms with Crippen molar-refractivity contribution in [2.75, 3.05) is 0 Å². The summed E-state index contributed by atoms with van der Waals surface area (Å²) in [6.45, 7) is 0. The van der Waals surface area contributed by atoms with Gasteiger partial charge in [0.15, 0.2) is 17.5 Å². The van der Waals surface area contributed by atoms with Gasteiger partial charge in [0.25, 0.3) is 0 Å². The van der Waals surface area contributed by atoms with Gasteiger partial charge >= 0.3 is 0 Å². The minimum absolute atomic E-state index is 0.443. The zero-order chi connectivity index (χ0) is 38.9. The van der Waals surface area contributed by atoms with Gasteiger partial charge in [-0.1, -0.05) is 200 Å². The number of rotatable bonds is 5. The number of hydrogen-bond donors (Lipinski definition) is 0. The van der Waals surface area contributed by atoms with Crippen LogP contribution in [-0.4, -0.2) is 15.0 Å². The smallest absolute Gasteiger partial charge is 0.164 e. The number of aromatic nitrogens is 3. The number of nitrogens with zero attached hydrogens (tertiary/aromatic N) is 3. The fourth-order valence-electron chi connectivity index (χ4n) is 9.82. The lowest BCUT2D eigenvalue weighted by atomic mass is 9.69. The van der Waals surface area contributed by atoms with Crippen molar-refractivity contribution in [2.45, 2.75) is 5.41 Å². The summed E-state index contributed by atoms with van der Waals surface area (Å²) >= 11 is 0. The first kappa shape index (κ1) is 33.4. The van der Waals surface area contributed by atoms with Crippen LogP contribution >= 0.6 is 0 Å². The van der Waals surface area contributed by atoms with Crippen molar-refractivity contribution in [3.05, 3.63) is 235 Å². The molecule has 3 heteroatoms. The third kappa shape index (κ3) is 5.05. The Hall–Kier alpha value is -7.75. The van der Waals surface area contributed by atoms with Gasteiger partial charge in [0.1, 0.15) is 0 Å². The number of fused-ring (bicyclic) bond motifs is 12. The first-order valence-electron chi connectivity index (χ1n) is 20.2. The molecule has 2 aliphatic carbocycles. The first-order valence-corrected chi connectivity index (χ1v) is 20.2. The molecular weight excluding hydrogens is 715 g/mol. The van der Waals surface area contributed by atoms with E-state index in [9.17, 15) is 0 Å². The van der Waals surface area contributed by atoms with Gasteiger partial charge in [-0.3, -0.25) is 0 Å². The Balaban J connectivity index is 1.04. The topological polar surface area (TPSA) is 38.7 Å². The van der Waals surface area contributed by atoms with Crippen LogP contribution in [0.2, 0.25) is 0 Å². The van der Waals surface area contributed by atoms with Crippen LogP contribution in [0.3, 0.4) is 0 Å². The molecule has 274 valence electrons. The lowest BCUT2D eigenvalue weighted by Gasteiger charge is -2.31. The summed E-state index contributed by atoms with van der Waals surface area (Å²) in [5.74, 6) is 1.92. The third-order valence-electron chi connectivity index (χ3n) is 12.3. The summed E-state index contributed by atoms with van der Waals surface area (Å²) < 4.78 is 0. The predicted octanol–water partition coefficient (Wildman–Crippen LogP) is 13.7. The maximum Gasteiger partial charge on any atom is 0.164 e. The van der Waals surface area contributed by atoms with E-state index in [-0.39, 0.29) is 0 Å². The molecule has 0 N–H and O–H groups in total. The molecule has 0 radical (unpaired) electrons. The van der Waals surface area contributed by atoms with Crippen molar-refractivity contribution in [3.8, 4) is 78.7 Å². The van der Waals surface area contributed by atoms with E-state index in [0.29, 0.717) is 17.5 Å². The summed E-state index contributed by atoms with van der Waals surface area (Å²) in [6, 6.07) is 76.3. The molecule has 1 spiro atoms. The third-order valence-corrected chi connectivity index (χ3v) is 12.3. The van der Waals surface area contributed by atoms with E-state index in [2.05, 4.69) is 188 Å². The first-order chi connectivity index (χ1) is 29.3. The molecule has 9 aromatic carbocycles. The summed E-state index contributed by atoms with van der Waals surface area (Å²) in [4.78, 5) is 15.2. The maximum atomic E-state index is 5.13. The van der Waals surface area contributed by atoms with Gasteiger partial charge in [-0.2, -0.15) is 0 Å². The van der Waals surface area contributed by atoms with E-state index >= 15 is 0 Å². The van der Waals surface area contributed by atoms with E-state index < -0.39 is 5.41 Å². The van der Waals surface area contributed by atoms with Crippen molar-refractivity contribution >= 4 is 10.8 Å². The molecular formula is C56H35N3. The molecule has 59 heavy (non-hydrogen) atoms. The Labute approximate surface area is 343 Å². The highest BCUT2D eigenvalue weighted by Crippen LogP contribution is 2.65. The highest BCUT2D eigenvalue weighted by molar-refractivity contribution is 6.09.